The van der Waals surface area contributed by atoms with Gasteiger partial charge in [0.05, 0.1) is 0 Å². The summed E-state index contributed by atoms with van der Waals surface area (Å²) in [6.07, 6.45) is 7.88. The Bertz CT molecular complexity index is 144. The van der Waals surface area contributed by atoms with E-state index in [1.165, 1.54) is 25.7 Å². The topological polar surface area (TPSA) is 0 Å². The molecule has 2 unspecified atom stereocenters. The summed E-state index contributed by atoms with van der Waals surface area (Å²) in [6, 6.07) is 0. The Balaban J connectivity index is 2.57. The highest BCUT2D eigenvalue weighted by Gasteiger charge is 2.16. The molecule has 64 valence electrons. The van der Waals surface area contributed by atoms with Crippen molar-refractivity contribution in [2.45, 2.75) is 46.5 Å². The average Bonchev–Trinajstić information content (AvgIpc) is 2.03. The van der Waals surface area contributed by atoms with Crippen LogP contribution in [0.2, 0.25) is 0 Å². The van der Waals surface area contributed by atoms with Gasteiger partial charge in [0.1, 0.15) is 0 Å². The first-order chi connectivity index (χ1) is 5.26. The summed E-state index contributed by atoms with van der Waals surface area (Å²) < 4.78 is 0. The third-order valence-corrected chi connectivity index (χ3v) is 2.77. The van der Waals surface area contributed by atoms with Gasteiger partial charge in [0.25, 0.3) is 0 Å². The van der Waals surface area contributed by atoms with E-state index < -0.39 is 0 Å². The molecule has 0 saturated carbocycles. The molecule has 1 aliphatic rings. The summed E-state index contributed by atoms with van der Waals surface area (Å²) >= 11 is 0. The minimum absolute atomic E-state index is 0.883. The van der Waals surface area contributed by atoms with Crippen molar-refractivity contribution < 1.29 is 0 Å². The fourth-order valence-electron chi connectivity index (χ4n) is 2.06. The Morgan fingerprint density at radius 3 is 2.73 bits per heavy atom. The van der Waals surface area contributed by atoms with Crippen molar-refractivity contribution in [2.75, 3.05) is 0 Å². The molecule has 11 heavy (non-hydrogen) atoms. The first kappa shape index (κ1) is 8.83. The van der Waals surface area contributed by atoms with Gasteiger partial charge in [-0.2, -0.15) is 0 Å². The van der Waals surface area contributed by atoms with E-state index in [-0.39, 0.29) is 0 Å². The minimum atomic E-state index is 0.883. The van der Waals surface area contributed by atoms with E-state index in [9.17, 15) is 0 Å². The van der Waals surface area contributed by atoms with Gasteiger partial charge in [-0.05, 0) is 37.5 Å². The molecule has 0 amide bonds. The van der Waals surface area contributed by atoms with Crippen LogP contribution in [-0.2, 0) is 0 Å². The summed E-state index contributed by atoms with van der Waals surface area (Å²) in [6.45, 7) is 6.95. The maximum absolute atomic E-state index is 2.51. The molecular formula is C11H20. The minimum Gasteiger partial charge on any atom is -0.0822 e. The molecule has 0 aromatic heterocycles. The highest BCUT2D eigenvalue weighted by Crippen LogP contribution is 2.30. The van der Waals surface area contributed by atoms with Crippen molar-refractivity contribution in [2.24, 2.45) is 11.8 Å². The molecule has 0 spiro atoms. The van der Waals surface area contributed by atoms with Crippen molar-refractivity contribution in [3.05, 3.63) is 11.6 Å². The fraction of sp³-hybridized carbons (Fsp3) is 0.818. The highest BCUT2D eigenvalue weighted by molar-refractivity contribution is 5.08. The van der Waals surface area contributed by atoms with Crippen LogP contribution in [0, 0.1) is 11.8 Å². The fourth-order valence-corrected chi connectivity index (χ4v) is 2.06. The predicted molar refractivity (Wildman–Crippen MR) is 50.6 cm³/mol. The lowest BCUT2D eigenvalue weighted by molar-refractivity contribution is 0.403. The van der Waals surface area contributed by atoms with Gasteiger partial charge in [0.15, 0.2) is 0 Å². The molecule has 0 aliphatic heterocycles. The van der Waals surface area contributed by atoms with Crippen molar-refractivity contribution >= 4 is 0 Å². The van der Waals surface area contributed by atoms with Crippen LogP contribution in [0.15, 0.2) is 11.6 Å². The Morgan fingerprint density at radius 2 is 2.18 bits per heavy atom. The standard InChI is InChI=1S/C11H20/c1-4-10-6-9(3)7-11(5-2)8-10/h8-10H,4-7H2,1-3H3. The second-order valence-electron chi connectivity index (χ2n) is 3.89. The lowest BCUT2D eigenvalue weighted by atomic mass is 9.81. The van der Waals surface area contributed by atoms with Crippen LogP contribution >= 0.6 is 0 Å². The Hall–Kier alpha value is -0.260. The van der Waals surface area contributed by atoms with Gasteiger partial charge in [-0.15, -0.1) is 0 Å². The largest absolute Gasteiger partial charge is 0.0822 e. The van der Waals surface area contributed by atoms with Gasteiger partial charge < -0.3 is 0 Å². The lowest BCUT2D eigenvalue weighted by Crippen LogP contribution is -2.10. The third-order valence-electron chi connectivity index (χ3n) is 2.77. The molecule has 2 atom stereocenters. The zero-order valence-corrected chi connectivity index (χ0v) is 8.06. The molecule has 0 fully saturated rings. The summed E-state index contributed by atoms with van der Waals surface area (Å²) in [5.74, 6) is 1.81. The highest BCUT2D eigenvalue weighted by atomic mass is 14.2. The molecule has 0 aromatic carbocycles. The first-order valence-corrected chi connectivity index (χ1v) is 4.95. The molecular weight excluding hydrogens is 132 g/mol. The summed E-state index contributed by atoms with van der Waals surface area (Å²) in [5, 5.41) is 0. The molecule has 0 saturated heterocycles. The Labute approximate surface area is 70.7 Å². The molecule has 0 bridgehead atoms. The monoisotopic (exact) mass is 152 g/mol. The second kappa shape index (κ2) is 3.94. The summed E-state index contributed by atoms with van der Waals surface area (Å²) in [5.41, 5.74) is 1.69. The second-order valence-corrected chi connectivity index (χ2v) is 3.89. The van der Waals surface area contributed by atoms with E-state index in [1.54, 1.807) is 5.57 Å². The maximum Gasteiger partial charge on any atom is -0.0231 e. The SMILES string of the molecule is CCC1=CC(CC)CC(C)C1. The van der Waals surface area contributed by atoms with Crippen LogP contribution in [0.5, 0.6) is 0 Å². The predicted octanol–water partition coefficient (Wildman–Crippen LogP) is 3.78. The summed E-state index contributed by atoms with van der Waals surface area (Å²) in [7, 11) is 0. The number of rotatable bonds is 2. The molecule has 0 nitrogen and oxygen atoms in total. The van der Waals surface area contributed by atoms with Crippen LogP contribution in [0.25, 0.3) is 0 Å². The molecule has 0 aromatic rings. The molecule has 1 rings (SSSR count). The zero-order valence-electron chi connectivity index (χ0n) is 8.06. The van der Waals surface area contributed by atoms with E-state index in [1.807, 2.05) is 0 Å². The van der Waals surface area contributed by atoms with Crippen LogP contribution < -0.4 is 0 Å². The molecule has 0 heterocycles. The Kier molecular flexibility index (Phi) is 3.16. The van der Waals surface area contributed by atoms with Crippen molar-refractivity contribution in [3.63, 3.8) is 0 Å². The normalized spacial score (nSPS) is 31.7. The smallest absolute Gasteiger partial charge is 0.0231 e. The van der Waals surface area contributed by atoms with E-state index >= 15 is 0 Å². The quantitative estimate of drug-likeness (QED) is 0.528. The molecule has 0 N–H and O–H groups in total. The average molecular weight is 152 g/mol. The number of hydrogen-bond donors (Lipinski definition) is 0. The molecule has 0 radical (unpaired) electrons. The van der Waals surface area contributed by atoms with Gasteiger partial charge in [0.2, 0.25) is 0 Å². The first-order valence-electron chi connectivity index (χ1n) is 4.95. The molecule has 0 heteroatoms. The van der Waals surface area contributed by atoms with Crippen LogP contribution in [-0.4, -0.2) is 0 Å². The summed E-state index contributed by atoms with van der Waals surface area (Å²) in [4.78, 5) is 0. The van der Waals surface area contributed by atoms with Gasteiger partial charge in [-0.1, -0.05) is 32.4 Å². The van der Waals surface area contributed by atoms with Crippen LogP contribution in [0.3, 0.4) is 0 Å². The Morgan fingerprint density at radius 1 is 1.45 bits per heavy atom. The van der Waals surface area contributed by atoms with Gasteiger partial charge >= 0.3 is 0 Å². The van der Waals surface area contributed by atoms with E-state index in [2.05, 4.69) is 26.8 Å². The van der Waals surface area contributed by atoms with Gasteiger partial charge in [-0.25, -0.2) is 0 Å². The lowest BCUT2D eigenvalue weighted by Gasteiger charge is -2.24. The van der Waals surface area contributed by atoms with Gasteiger partial charge in [-0.3, -0.25) is 0 Å². The van der Waals surface area contributed by atoms with E-state index in [4.69, 9.17) is 0 Å². The third kappa shape index (κ3) is 2.36. The van der Waals surface area contributed by atoms with Crippen LogP contribution in [0.1, 0.15) is 46.5 Å². The van der Waals surface area contributed by atoms with Crippen molar-refractivity contribution in [1.82, 2.24) is 0 Å². The van der Waals surface area contributed by atoms with Crippen LogP contribution in [0.4, 0.5) is 0 Å². The van der Waals surface area contributed by atoms with E-state index in [0.717, 1.165) is 11.8 Å². The number of hydrogen-bond acceptors (Lipinski definition) is 0. The zero-order chi connectivity index (χ0) is 8.27. The maximum atomic E-state index is 2.51. The van der Waals surface area contributed by atoms with E-state index in [0.29, 0.717) is 0 Å². The number of allylic oxidation sites excluding steroid dienone is 2. The molecule has 1 aliphatic carbocycles. The van der Waals surface area contributed by atoms with Crippen molar-refractivity contribution in [1.29, 1.82) is 0 Å². The van der Waals surface area contributed by atoms with Gasteiger partial charge in [0, 0.05) is 0 Å². The van der Waals surface area contributed by atoms with Crippen molar-refractivity contribution in [3.8, 4) is 0 Å².